The first kappa shape index (κ1) is 14.6. The summed E-state index contributed by atoms with van der Waals surface area (Å²) < 4.78 is 31.1. The summed E-state index contributed by atoms with van der Waals surface area (Å²) >= 11 is 0. The molecule has 1 atom stereocenters. The fourth-order valence-corrected chi connectivity index (χ4v) is 2.85. The van der Waals surface area contributed by atoms with Crippen molar-refractivity contribution >= 4 is 15.7 Å². The molecule has 7 nitrogen and oxygen atoms in total. The second-order valence-electron chi connectivity index (χ2n) is 3.70. The zero-order valence-electron chi connectivity index (χ0n) is 9.99. The van der Waals surface area contributed by atoms with E-state index in [-0.39, 0.29) is 11.5 Å². The molecule has 8 heteroatoms. The predicted octanol–water partition coefficient (Wildman–Crippen LogP) is 0.908. The van der Waals surface area contributed by atoms with Crippen molar-refractivity contribution in [3.63, 3.8) is 0 Å². The Morgan fingerprint density at radius 3 is 2.61 bits per heavy atom. The predicted molar refractivity (Wildman–Crippen MR) is 64.8 cm³/mol. The maximum absolute atomic E-state index is 12.0. The number of ether oxygens (including phenoxy) is 1. The summed E-state index contributed by atoms with van der Waals surface area (Å²) in [5, 5.41) is 10.8. The van der Waals surface area contributed by atoms with Crippen LogP contribution in [-0.2, 0) is 14.8 Å². The van der Waals surface area contributed by atoms with Crippen molar-refractivity contribution in [2.45, 2.75) is 17.9 Å². The number of para-hydroxylation sites is 1. The van der Waals surface area contributed by atoms with Gasteiger partial charge in [-0.2, -0.15) is 0 Å². The number of benzene rings is 1. The van der Waals surface area contributed by atoms with Gasteiger partial charge in [0.1, 0.15) is 0 Å². The van der Waals surface area contributed by atoms with Crippen LogP contribution in [0.15, 0.2) is 29.2 Å². The number of hydrogen-bond donors (Lipinski definition) is 1. The van der Waals surface area contributed by atoms with Gasteiger partial charge in [0.25, 0.3) is 5.69 Å². The Morgan fingerprint density at radius 1 is 1.44 bits per heavy atom. The number of sulfonamides is 1. The first-order valence-electron chi connectivity index (χ1n) is 5.13. The quantitative estimate of drug-likeness (QED) is 0.614. The van der Waals surface area contributed by atoms with Crippen LogP contribution >= 0.6 is 0 Å². The molecule has 0 spiro atoms. The normalized spacial score (nSPS) is 13.2. The third-order valence-electron chi connectivity index (χ3n) is 2.12. The molecule has 0 bridgehead atoms. The van der Waals surface area contributed by atoms with E-state index in [1.807, 2.05) is 0 Å². The maximum Gasteiger partial charge on any atom is 0.289 e. The van der Waals surface area contributed by atoms with Crippen LogP contribution in [0.5, 0.6) is 0 Å². The van der Waals surface area contributed by atoms with E-state index >= 15 is 0 Å². The first-order valence-corrected chi connectivity index (χ1v) is 6.61. The zero-order valence-corrected chi connectivity index (χ0v) is 10.8. The average Bonchev–Trinajstić information content (AvgIpc) is 2.28. The third kappa shape index (κ3) is 3.49. The number of nitrogens with one attached hydrogen (secondary N) is 1. The molecule has 0 saturated carbocycles. The van der Waals surface area contributed by atoms with Gasteiger partial charge >= 0.3 is 0 Å². The van der Waals surface area contributed by atoms with Crippen molar-refractivity contribution < 1.29 is 18.1 Å². The number of nitrogens with zero attached hydrogens (tertiary/aromatic N) is 1. The lowest BCUT2D eigenvalue weighted by Gasteiger charge is -2.13. The lowest BCUT2D eigenvalue weighted by Crippen LogP contribution is -2.35. The molecule has 1 N–H and O–H groups in total. The van der Waals surface area contributed by atoms with Crippen LogP contribution < -0.4 is 4.72 Å². The number of rotatable bonds is 6. The van der Waals surface area contributed by atoms with E-state index < -0.39 is 26.7 Å². The van der Waals surface area contributed by atoms with E-state index in [0.717, 1.165) is 6.07 Å². The van der Waals surface area contributed by atoms with E-state index in [9.17, 15) is 18.5 Å². The molecule has 1 rings (SSSR count). The van der Waals surface area contributed by atoms with Gasteiger partial charge in [-0.1, -0.05) is 12.1 Å². The summed E-state index contributed by atoms with van der Waals surface area (Å²) in [5.74, 6) is 0. The highest BCUT2D eigenvalue weighted by Crippen LogP contribution is 2.22. The molecule has 1 unspecified atom stereocenters. The summed E-state index contributed by atoms with van der Waals surface area (Å²) in [4.78, 5) is 9.69. The summed E-state index contributed by atoms with van der Waals surface area (Å²) in [6.07, 6.45) is 0. The fourth-order valence-electron chi connectivity index (χ4n) is 1.45. The molecule has 18 heavy (non-hydrogen) atoms. The molecule has 0 aromatic heterocycles. The van der Waals surface area contributed by atoms with Gasteiger partial charge in [0.2, 0.25) is 10.0 Å². The Morgan fingerprint density at radius 2 is 2.06 bits per heavy atom. The summed E-state index contributed by atoms with van der Waals surface area (Å²) in [7, 11) is -2.49. The molecule has 0 aliphatic rings. The molecule has 0 aliphatic carbocycles. The summed E-state index contributed by atoms with van der Waals surface area (Å²) in [5.41, 5.74) is -0.449. The molecule has 1 aromatic carbocycles. The van der Waals surface area contributed by atoms with Crippen LogP contribution in [0, 0.1) is 10.1 Å². The monoisotopic (exact) mass is 274 g/mol. The van der Waals surface area contributed by atoms with Crippen LogP contribution in [0.1, 0.15) is 6.92 Å². The van der Waals surface area contributed by atoms with Crippen molar-refractivity contribution in [2.75, 3.05) is 13.7 Å². The van der Waals surface area contributed by atoms with Crippen molar-refractivity contribution in [1.29, 1.82) is 0 Å². The largest absolute Gasteiger partial charge is 0.383 e. The third-order valence-corrected chi connectivity index (χ3v) is 3.76. The highest BCUT2D eigenvalue weighted by Gasteiger charge is 2.26. The van der Waals surface area contributed by atoms with Gasteiger partial charge in [0, 0.05) is 19.2 Å². The fraction of sp³-hybridized carbons (Fsp3) is 0.400. The lowest BCUT2D eigenvalue weighted by molar-refractivity contribution is -0.387. The highest BCUT2D eigenvalue weighted by molar-refractivity contribution is 7.89. The molecule has 0 radical (unpaired) electrons. The van der Waals surface area contributed by atoms with E-state index in [2.05, 4.69) is 4.72 Å². The minimum atomic E-state index is -3.93. The van der Waals surface area contributed by atoms with Gasteiger partial charge in [-0.05, 0) is 13.0 Å². The van der Waals surface area contributed by atoms with Crippen molar-refractivity contribution in [2.24, 2.45) is 0 Å². The Balaban J connectivity index is 3.09. The average molecular weight is 274 g/mol. The minimum Gasteiger partial charge on any atom is -0.383 e. The standard InChI is InChI=1S/C10H14N2O5S/c1-8(7-17-2)11-18(15,16)10-6-4-3-5-9(10)12(13)14/h3-6,8,11H,7H2,1-2H3. The van der Waals surface area contributed by atoms with Gasteiger partial charge in [-0.25, -0.2) is 13.1 Å². The highest BCUT2D eigenvalue weighted by atomic mass is 32.2. The Labute approximate surface area is 105 Å². The first-order chi connectivity index (χ1) is 8.38. The molecule has 0 amide bonds. The van der Waals surface area contributed by atoms with Gasteiger partial charge in [0.05, 0.1) is 11.5 Å². The molecule has 0 fully saturated rings. The Kier molecular flexibility index (Phi) is 4.76. The zero-order chi connectivity index (χ0) is 13.8. The Hall–Kier alpha value is -1.51. The van der Waals surface area contributed by atoms with E-state index in [1.54, 1.807) is 6.92 Å². The second-order valence-corrected chi connectivity index (χ2v) is 5.38. The lowest BCUT2D eigenvalue weighted by atomic mass is 10.3. The number of nitro benzene ring substituents is 1. The van der Waals surface area contributed by atoms with Crippen LogP contribution in [0.25, 0.3) is 0 Å². The minimum absolute atomic E-state index is 0.180. The number of nitro groups is 1. The van der Waals surface area contributed by atoms with E-state index in [4.69, 9.17) is 4.74 Å². The van der Waals surface area contributed by atoms with Crippen LogP contribution in [-0.4, -0.2) is 33.1 Å². The van der Waals surface area contributed by atoms with Gasteiger partial charge in [-0.15, -0.1) is 0 Å². The molecule has 1 aromatic rings. The van der Waals surface area contributed by atoms with Gasteiger partial charge < -0.3 is 4.74 Å². The number of hydrogen-bond acceptors (Lipinski definition) is 5. The van der Waals surface area contributed by atoms with Crippen LogP contribution in [0.2, 0.25) is 0 Å². The molecular formula is C10H14N2O5S. The molecule has 0 aliphatic heterocycles. The van der Waals surface area contributed by atoms with Gasteiger partial charge in [-0.3, -0.25) is 10.1 Å². The maximum atomic E-state index is 12.0. The van der Waals surface area contributed by atoms with Crippen molar-refractivity contribution in [1.82, 2.24) is 4.72 Å². The van der Waals surface area contributed by atoms with Crippen molar-refractivity contribution in [3.8, 4) is 0 Å². The van der Waals surface area contributed by atoms with Crippen LogP contribution in [0.4, 0.5) is 5.69 Å². The summed E-state index contributed by atoms with van der Waals surface area (Å²) in [6.45, 7) is 1.79. The van der Waals surface area contributed by atoms with Crippen LogP contribution in [0.3, 0.4) is 0 Å². The smallest absolute Gasteiger partial charge is 0.289 e. The summed E-state index contributed by atoms with van der Waals surface area (Å²) in [6, 6.07) is 4.72. The molecule has 0 heterocycles. The van der Waals surface area contributed by atoms with Crippen molar-refractivity contribution in [3.05, 3.63) is 34.4 Å². The molecular weight excluding hydrogens is 260 g/mol. The van der Waals surface area contributed by atoms with E-state index in [1.165, 1.54) is 25.3 Å². The Bertz CT molecular complexity index is 529. The van der Waals surface area contributed by atoms with E-state index in [0.29, 0.717) is 0 Å². The van der Waals surface area contributed by atoms with Gasteiger partial charge in [0.15, 0.2) is 4.90 Å². The number of methoxy groups -OCH3 is 1. The topological polar surface area (TPSA) is 98.5 Å². The second kappa shape index (κ2) is 5.89. The molecule has 100 valence electrons. The SMILES string of the molecule is COCC(C)NS(=O)(=O)c1ccccc1[N+](=O)[O-]. The molecule has 0 saturated heterocycles.